The van der Waals surface area contributed by atoms with Crippen LogP contribution in [0.25, 0.3) is 0 Å². The van der Waals surface area contributed by atoms with E-state index in [0.29, 0.717) is 35.2 Å². The molecule has 4 aliphatic carbocycles. The normalized spacial score (nSPS) is 61.2. The lowest BCUT2D eigenvalue weighted by Crippen LogP contribution is -2.26. The summed E-state index contributed by atoms with van der Waals surface area (Å²) >= 11 is 0. The van der Waals surface area contributed by atoms with Gasteiger partial charge in [0.2, 0.25) is 0 Å². The zero-order valence-corrected chi connectivity index (χ0v) is 7.40. The van der Waals surface area contributed by atoms with Crippen molar-refractivity contribution in [1.29, 1.82) is 0 Å². The molecule has 0 saturated heterocycles. The standard InChI is InChI=1S/C11H12O2/c12-8-2-4-5-3-9(13)11-7(5)1-6(4)10(8)11/h4-7,10-11H,1-3H2/t4-,5+,6-,7+,10-,11-/m1/s1. The van der Waals surface area contributed by atoms with Gasteiger partial charge < -0.3 is 0 Å². The van der Waals surface area contributed by atoms with Crippen LogP contribution in [0.4, 0.5) is 0 Å². The van der Waals surface area contributed by atoms with Crippen molar-refractivity contribution in [3.63, 3.8) is 0 Å². The van der Waals surface area contributed by atoms with Crippen LogP contribution in [0.3, 0.4) is 0 Å². The van der Waals surface area contributed by atoms with E-state index >= 15 is 0 Å². The Bertz CT molecular complexity index is 297. The van der Waals surface area contributed by atoms with Gasteiger partial charge in [0.25, 0.3) is 0 Å². The molecule has 0 aromatic heterocycles. The first-order valence-electron chi connectivity index (χ1n) is 5.33. The van der Waals surface area contributed by atoms with E-state index in [1.807, 2.05) is 0 Å². The van der Waals surface area contributed by atoms with Crippen molar-refractivity contribution in [2.75, 3.05) is 0 Å². The maximum Gasteiger partial charge on any atom is 0.137 e. The molecular formula is C11H12O2. The molecule has 0 unspecified atom stereocenters. The topological polar surface area (TPSA) is 34.1 Å². The molecule has 0 aromatic carbocycles. The Balaban J connectivity index is 1.94. The zero-order chi connectivity index (χ0) is 8.74. The first-order valence-corrected chi connectivity index (χ1v) is 5.33. The minimum absolute atomic E-state index is 0.182. The van der Waals surface area contributed by atoms with E-state index in [1.54, 1.807) is 0 Å². The van der Waals surface area contributed by atoms with Gasteiger partial charge in [0.15, 0.2) is 0 Å². The first-order chi connectivity index (χ1) is 6.27. The lowest BCUT2D eigenvalue weighted by Gasteiger charge is -2.22. The van der Waals surface area contributed by atoms with Crippen LogP contribution in [-0.4, -0.2) is 11.6 Å². The molecule has 4 saturated carbocycles. The minimum atomic E-state index is 0.182. The predicted octanol–water partition coefficient (Wildman–Crippen LogP) is 1.05. The summed E-state index contributed by atoms with van der Waals surface area (Å²) in [6, 6.07) is 0. The average Bonchev–Trinajstić information content (AvgIpc) is 2.67. The van der Waals surface area contributed by atoms with Gasteiger partial charge in [-0.15, -0.1) is 0 Å². The molecule has 4 rings (SSSR count). The van der Waals surface area contributed by atoms with Gasteiger partial charge in [0.05, 0.1) is 0 Å². The van der Waals surface area contributed by atoms with Crippen LogP contribution in [-0.2, 0) is 9.59 Å². The summed E-state index contributed by atoms with van der Waals surface area (Å²) in [4.78, 5) is 23.4. The van der Waals surface area contributed by atoms with E-state index in [2.05, 4.69) is 0 Å². The van der Waals surface area contributed by atoms with Crippen LogP contribution >= 0.6 is 0 Å². The Kier molecular flexibility index (Phi) is 0.907. The van der Waals surface area contributed by atoms with Gasteiger partial charge in [0, 0.05) is 24.7 Å². The third-order valence-corrected chi connectivity index (χ3v) is 5.12. The van der Waals surface area contributed by atoms with Gasteiger partial charge in [-0.25, -0.2) is 0 Å². The van der Waals surface area contributed by atoms with Crippen molar-refractivity contribution in [2.24, 2.45) is 35.5 Å². The molecule has 13 heavy (non-hydrogen) atoms. The fourth-order valence-electron chi connectivity index (χ4n) is 4.88. The number of hydrogen-bond donors (Lipinski definition) is 0. The van der Waals surface area contributed by atoms with Gasteiger partial charge in [-0.05, 0) is 30.1 Å². The van der Waals surface area contributed by atoms with Crippen molar-refractivity contribution >= 4 is 11.6 Å². The minimum Gasteiger partial charge on any atom is -0.299 e. The lowest BCUT2D eigenvalue weighted by molar-refractivity contribution is -0.129. The Labute approximate surface area is 76.7 Å². The highest BCUT2D eigenvalue weighted by molar-refractivity contribution is 5.96. The average molecular weight is 176 g/mol. The number of rotatable bonds is 0. The monoisotopic (exact) mass is 176 g/mol. The molecule has 0 aromatic rings. The highest BCUT2D eigenvalue weighted by Gasteiger charge is 2.69. The van der Waals surface area contributed by atoms with E-state index in [1.165, 1.54) is 6.42 Å². The van der Waals surface area contributed by atoms with Crippen LogP contribution in [0.2, 0.25) is 0 Å². The smallest absolute Gasteiger partial charge is 0.137 e. The molecular weight excluding hydrogens is 164 g/mol. The molecule has 68 valence electrons. The molecule has 0 spiro atoms. The lowest BCUT2D eigenvalue weighted by atomic mass is 9.79. The zero-order valence-electron chi connectivity index (χ0n) is 7.40. The van der Waals surface area contributed by atoms with Crippen LogP contribution < -0.4 is 0 Å². The molecule has 6 atom stereocenters. The van der Waals surface area contributed by atoms with E-state index in [-0.39, 0.29) is 11.8 Å². The quantitative estimate of drug-likeness (QED) is 0.552. The molecule has 2 bridgehead atoms. The molecule has 4 fully saturated rings. The van der Waals surface area contributed by atoms with Gasteiger partial charge in [-0.1, -0.05) is 0 Å². The third kappa shape index (κ3) is 0.527. The fourth-order valence-corrected chi connectivity index (χ4v) is 4.88. The van der Waals surface area contributed by atoms with E-state index in [0.717, 1.165) is 12.8 Å². The molecule has 2 nitrogen and oxygen atoms in total. The van der Waals surface area contributed by atoms with Gasteiger partial charge in [-0.3, -0.25) is 9.59 Å². The molecule has 0 amide bonds. The predicted molar refractivity (Wildman–Crippen MR) is 44.8 cm³/mol. The number of ketones is 2. The number of carbonyl (C=O) groups is 2. The number of hydrogen-bond acceptors (Lipinski definition) is 2. The van der Waals surface area contributed by atoms with Crippen molar-refractivity contribution in [3.8, 4) is 0 Å². The molecule has 0 N–H and O–H groups in total. The summed E-state index contributed by atoms with van der Waals surface area (Å²) in [5.74, 6) is 3.67. The number of carbonyl (C=O) groups excluding carboxylic acids is 2. The number of Topliss-reactive ketones (excluding diaryl/α,β-unsaturated/α-hetero) is 2. The summed E-state index contributed by atoms with van der Waals surface area (Å²) < 4.78 is 0. The highest BCUT2D eigenvalue weighted by atomic mass is 16.1. The third-order valence-electron chi connectivity index (χ3n) is 5.12. The molecule has 0 heterocycles. The van der Waals surface area contributed by atoms with Gasteiger partial charge in [-0.2, -0.15) is 0 Å². The van der Waals surface area contributed by atoms with Crippen molar-refractivity contribution in [1.82, 2.24) is 0 Å². The summed E-state index contributed by atoms with van der Waals surface area (Å²) in [6.07, 6.45) is 2.81. The van der Waals surface area contributed by atoms with Crippen molar-refractivity contribution < 1.29 is 9.59 Å². The molecule has 2 heteroatoms. The van der Waals surface area contributed by atoms with Crippen molar-refractivity contribution in [3.05, 3.63) is 0 Å². The maximum absolute atomic E-state index is 11.7. The second kappa shape index (κ2) is 1.75. The summed E-state index contributed by atoms with van der Waals surface area (Å²) in [7, 11) is 0. The highest BCUT2D eigenvalue weighted by Crippen LogP contribution is 2.68. The first kappa shape index (κ1) is 6.74. The second-order valence-electron chi connectivity index (χ2n) is 5.28. The van der Waals surface area contributed by atoms with Gasteiger partial charge >= 0.3 is 0 Å². The van der Waals surface area contributed by atoms with Crippen LogP contribution in [0, 0.1) is 35.5 Å². The maximum atomic E-state index is 11.7. The Morgan fingerprint density at radius 3 is 1.69 bits per heavy atom. The van der Waals surface area contributed by atoms with Crippen molar-refractivity contribution in [2.45, 2.75) is 19.3 Å². The Hall–Kier alpha value is -0.660. The van der Waals surface area contributed by atoms with E-state index in [9.17, 15) is 9.59 Å². The van der Waals surface area contributed by atoms with E-state index < -0.39 is 0 Å². The molecule has 0 radical (unpaired) electrons. The number of fused-ring (bicyclic) bond motifs is 2. The molecule has 0 aliphatic heterocycles. The van der Waals surface area contributed by atoms with Crippen LogP contribution in [0.15, 0.2) is 0 Å². The summed E-state index contributed by atoms with van der Waals surface area (Å²) in [5.41, 5.74) is 0. The molecule has 4 aliphatic rings. The Morgan fingerprint density at radius 1 is 0.769 bits per heavy atom. The SMILES string of the molecule is O=C1C[C@@H]2[C@@H]3CC(=O)[C@H]4[C@H]3C[C@H]2[C@H]14. The largest absolute Gasteiger partial charge is 0.299 e. The second-order valence-corrected chi connectivity index (χ2v) is 5.28. The Morgan fingerprint density at radius 2 is 1.23 bits per heavy atom. The van der Waals surface area contributed by atoms with Crippen LogP contribution in [0.1, 0.15) is 19.3 Å². The fraction of sp³-hybridized carbons (Fsp3) is 0.818. The van der Waals surface area contributed by atoms with Crippen LogP contribution in [0.5, 0.6) is 0 Å². The summed E-state index contributed by atoms with van der Waals surface area (Å²) in [5, 5.41) is 0. The van der Waals surface area contributed by atoms with E-state index in [4.69, 9.17) is 0 Å². The van der Waals surface area contributed by atoms with Gasteiger partial charge in [0.1, 0.15) is 11.6 Å². The summed E-state index contributed by atoms with van der Waals surface area (Å²) in [6.45, 7) is 0.